The van der Waals surface area contributed by atoms with E-state index in [0.717, 1.165) is 45.3 Å². The molecule has 0 radical (unpaired) electrons. The van der Waals surface area contributed by atoms with Gasteiger partial charge in [-0.25, -0.2) is 4.79 Å². The molecule has 4 rings (SSSR count). The molecule has 1 fully saturated rings. The first-order valence-corrected chi connectivity index (χ1v) is 11.2. The van der Waals surface area contributed by atoms with Gasteiger partial charge in [0.15, 0.2) is 0 Å². The molecule has 2 aliphatic rings. The fourth-order valence-corrected chi connectivity index (χ4v) is 4.85. The third kappa shape index (κ3) is 4.34. The SMILES string of the molecule is CC(C)(C)C1Cc2cc(-c3ccccc3)ccc2CCN1C(=O)N1CCCCC1. The number of rotatable bonds is 1. The molecule has 3 nitrogen and oxygen atoms in total. The quantitative estimate of drug-likeness (QED) is 0.606. The van der Waals surface area contributed by atoms with Gasteiger partial charge in [-0.2, -0.15) is 0 Å². The van der Waals surface area contributed by atoms with Gasteiger partial charge in [0.05, 0.1) is 0 Å². The summed E-state index contributed by atoms with van der Waals surface area (Å²) in [7, 11) is 0. The molecule has 0 saturated carbocycles. The van der Waals surface area contributed by atoms with Gasteiger partial charge in [0, 0.05) is 25.7 Å². The Labute approximate surface area is 175 Å². The third-order valence-corrected chi connectivity index (χ3v) is 6.60. The Morgan fingerprint density at radius 1 is 0.862 bits per heavy atom. The predicted molar refractivity (Wildman–Crippen MR) is 120 cm³/mol. The Morgan fingerprint density at radius 2 is 1.59 bits per heavy atom. The second-order valence-electron chi connectivity index (χ2n) is 9.71. The molecule has 0 aromatic heterocycles. The highest BCUT2D eigenvalue weighted by atomic mass is 16.2. The van der Waals surface area contributed by atoms with Gasteiger partial charge < -0.3 is 9.80 Å². The van der Waals surface area contributed by atoms with E-state index in [4.69, 9.17) is 0 Å². The van der Waals surface area contributed by atoms with E-state index in [9.17, 15) is 4.79 Å². The maximum absolute atomic E-state index is 13.5. The minimum absolute atomic E-state index is 0.0375. The van der Waals surface area contributed by atoms with Crippen molar-refractivity contribution < 1.29 is 4.79 Å². The average Bonchev–Trinajstić information content (AvgIpc) is 2.94. The van der Waals surface area contributed by atoms with Crippen LogP contribution in [0, 0.1) is 5.41 Å². The summed E-state index contributed by atoms with van der Waals surface area (Å²) < 4.78 is 0. The zero-order valence-electron chi connectivity index (χ0n) is 18.2. The summed E-state index contributed by atoms with van der Waals surface area (Å²) in [5.74, 6) is 0. The van der Waals surface area contributed by atoms with Crippen LogP contribution in [0.3, 0.4) is 0 Å². The molecule has 2 aliphatic heterocycles. The molecule has 2 aromatic rings. The highest BCUT2D eigenvalue weighted by Gasteiger charge is 2.37. The largest absolute Gasteiger partial charge is 0.325 e. The highest BCUT2D eigenvalue weighted by Crippen LogP contribution is 2.34. The number of carbonyl (C=O) groups is 1. The standard InChI is InChI=1S/C26H34N2O/c1-26(2,3)24-19-23-18-22(20-10-6-4-7-11-20)13-12-21(23)14-17-28(24)25(29)27-15-8-5-9-16-27/h4,6-7,10-13,18,24H,5,8-9,14-17,19H2,1-3H3. The molecular weight excluding hydrogens is 356 g/mol. The van der Waals surface area contributed by atoms with E-state index in [1.807, 2.05) is 0 Å². The fourth-order valence-electron chi connectivity index (χ4n) is 4.85. The first kappa shape index (κ1) is 20.0. The van der Waals surface area contributed by atoms with Crippen LogP contribution in [-0.2, 0) is 12.8 Å². The summed E-state index contributed by atoms with van der Waals surface area (Å²) in [5, 5.41) is 0. The Morgan fingerprint density at radius 3 is 2.28 bits per heavy atom. The molecule has 3 heteroatoms. The first-order chi connectivity index (χ1) is 13.9. The van der Waals surface area contributed by atoms with Gasteiger partial charge in [-0.3, -0.25) is 0 Å². The summed E-state index contributed by atoms with van der Waals surface area (Å²) in [6, 6.07) is 17.9. The molecule has 2 amide bonds. The van der Waals surface area contributed by atoms with Crippen molar-refractivity contribution in [3.63, 3.8) is 0 Å². The molecule has 1 saturated heterocycles. The summed E-state index contributed by atoms with van der Waals surface area (Å²) in [4.78, 5) is 17.7. The summed E-state index contributed by atoms with van der Waals surface area (Å²) in [5.41, 5.74) is 5.37. The summed E-state index contributed by atoms with van der Waals surface area (Å²) in [6.45, 7) is 9.48. The Balaban J connectivity index is 1.65. The van der Waals surface area contributed by atoms with Crippen LogP contribution in [0.4, 0.5) is 4.79 Å². The monoisotopic (exact) mass is 390 g/mol. The van der Waals surface area contributed by atoms with Crippen LogP contribution in [-0.4, -0.2) is 41.5 Å². The van der Waals surface area contributed by atoms with Gasteiger partial charge in [0.2, 0.25) is 0 Å². The normalized spacial score (nSPS) is 20.2. The number of hydrogen-bond acceptors (Lipinski definition) is 1. The van der Waals surface area contributed by atoms with Crippen LogP contribution in [0.25, 0.3) is 11.1 Å². The van der Waals surface area contributed by atoms with Gasteiger partial charge in [-0.05, 0) is 59.8 Å². The lowest BCUT2D eigenvalue weighted by Crippen LogP contribution is -2.54. The molecule has 0 aliphatic carbocycles. The van der Waals surface area contributed by atoms with E-state index in [0.29, 0.717) is 0 Å². The smallest absolute Gasteiger partial charge is 0.320 e. The van der Waals surface area contributed by atoms with Crippen LogP contribution in [0.2, 0.25) is 0 Å². The van der Waals surface area contributed by atoms with Crippen molar-refractivity contribution >= 4 is 6.03 Å². The van der Waals surface area contributed by atoms with E-state index >= 15 is 0 Å². The van der Waals surface area contributed by atoms with Crippen molar-refractivity contribution in [1.29, 1.82) is 0 Å². The average molecular weight is 391 g/mol. The molecule has 0 bridgehead atoms. The van der Waals surface area contributed by atoms with Crippen LogP contribution < -0.4 is 0 Å². The number of carbonyl (C=O) groups excluding carboxylic acids is 1. The van der Waals surface area contributed by atoms with Crippen LogP contribution in [0.15, 0.2) is 48.5 Å². The molecule has 1 atom stereocenters. The van der Waals surface area contributed by atoms with Gasteiger partial charge in [-0.15, -0.1) is 0 Å². The van der Waals surface area contributed by atoms with E-state index in [2.05, 4.69) is 79.1 Å². The third-order valence-electron chi connectivity index (χ3n) is 6.60. The predicted octanol–water partition coefficient (Wildman–Crippen LogP) is 5.77. The summed E-state index contributed by atoms with van der Waals surface area (Å²) in [6.07, 6.45) is 5.40. The molecular formula is C26H34N2O. The molecule has 1 unspecified atom stereocenters. The van der Waals surface area contributed by atoms with E-state index in [1.54, 1.807) is 0 Å². The van der Waals surface area contributed by atoms with Crippen LogP contribution >= 0.6 is 0 Å². The second-order valence-corrected chi connectivity index (χ2v) is 9.71. The molecule has 0 spiro atoms. The van der Waals surface area contributed by atoms with Crippen molar-refractivity contribution in [3.05, 3.63) is 59.7 Å². The van der Waals surface area contributed by atoms with Gasteiger partial charge >= 0.3 is 6.03 Å². The molecule has 0 N–H and O–H groups in total. The minimum atomic E-state index is 0.0375. The Kier molecular flexibility index (Phi) is 5.67. The maximum atomic E-state index is 13.5. The molecule has 29 heavy (non-hydrogen) atoms. The molecule has 154 valence electrons. The van der Waals surface area contributed by atoms with Crippen LogP contribution in [0.1, 0.15) is 51.2 Å². The van der Waals surface area contributed by atoms with Gasteiger partial charge in [-0.1, -0.05) is 69.3 Å². The fraction of sp³-hybridized carbons (Fsp3) is 0.500. The van der Waals surface area contributed by atoms with Crippen molar-refractivity contribution in [2.45, 2.75) is 58.9 Å². The van der Waals surface area contributed by atoms with Crippen LogP contribution in [0.5, 0.6) is 0 Å². The lowest BCUT2D eigenvalue weighted by atomic mass is 9.81. The zero-order valence-corrected chi connectivity index (χ0v) is 18.2. The highest BCUT2D eigenvalue weighted by molar-refractivity contribution is 5.75. The zero-order chi connectivity index (χ0) is 20.4. The number of nitrogens with zero attached hydrogens (tertiary/aromatic N) is 2. The number of piperidine rings is 1. The van der Waals surface area contributed by atoms with E-state index in [-0.39, 0.29) is 17.5 Å². The Hall–Kier alpha value is -2.29. The van der Waals surface area contributed by atoms with E-state index < -0.39 is 0 Å². The number of amides is 2. The number of likely N-dealkylation sites (tertiary alicyclic amines) is 1. The van der Waals surface area contributed by atoms with Crippen molar-refractivity contribution in [3.8, 4) is 11.1 Å². The number of fused-ring (bicyclic) bond motifs is 1. The lowest BCUT2D eigenvalue weighted by Gasteiger charge is -2.42. The minimum Gasteiger partial charge on any atom is -0.325 e. The second kappa shape index (κ2) is 8.22. The first-order valence-electron chi connectivity index (χ1n) is 11.2. The lowest BCUT2D eigenvalue weighted by molar-refractivity contribution is 0.0884. The molecule has 2 heterocycles. The van der Waals surface area contributed by atoms with Crippen molar-refractivity contribution in [2.24, 2.45) is 5.41 Å². The molecule has 2 aromatic carbocycles. The van der Waals surface area contributed by atoms with Gasteiger partial charge in [0.1, 0.15) is 0 Å². The van der Waals surface area contributed by atoms with Gasteiger partial charge in [0.25, 0.3) is 0 Å². The van der Waals surface area contributed by atoms with Crippen molar-refractivity contribution in [1.82, 2.24) is 9.80 Å². The maximum Gasteiger partial charge on any atom is 0.320 e. The number of hydrogen-bond donors (Lipinski definition) is 0. The summed E-state index contributed by atoms with van der Waals surface area (Å²) >= 11 is 0. The van der Waals surface area contributed by atoms with E-state index in [1.165, 1.54) is 28.7 Å². The Bertz CT molecular complexity index is 847. The topological polar surface area (TPSA) is 23.6 Å². The number of benzene rings is 2. The van der Waals surface area contributed by atoms with Crippen molar-refractivity contribution in [2.75, 3.05) is 19.6 Å². The number of urea groups is 1.